The molecule has 0 heterocycles. The summed E-state index contributed by atoms with van der Waals surface area (Å²) in [7, 11) is 0. The van der Waals surface area contributed by atoms with Gasteiger partial charge in [0.25, 0.3) is 0 Å². The standard InChI is InChI=1S/C17H20ClFN2O4/c1-9(17(24)25)21(7-6-20-10(2)22)16(23)12-8-11(12)15-13(18)4-3-5-14(15)19/h3-5,9,11-12H,6-8H2,1-2H3,(H,20,22)(H,24,25). The maximum atomic E-state index is 14.0. The van der Waals surface area contributed by atoms with Crippen LogP contribution in [0.1, 0.15) is 31.7 Å². The number of carboxylic acids is 1. The zero-order valence-corrected chi connectivity index (χ0v) is 14.7. The third-order valence-corrected chi connectivity index (χ3v) is 4.64. The Balaban J connectivity index is 2.12. The van der Waals surface area contributed by atoms with Crippen molar-refractivity contribution in [2.24, 2.45) is 5.92 Å². The quantitative estimate of drug-likeness (QED) is 0.768. The Morgan fingerprint density at radius 2 is 2.12 bits per heavy atom. The predicted octanol–water partition coefficient (Wildman–Crippen LogP) is 2.02. The van der Waals surface area contributed by atoms with Crippen molar-refractivity contribution in [3.05, 3.63) is 34.6 Å². The number of carbonyl (C=O) groups excluding carboxylic acids is 2. The Bertz CT molecular complexity index is 677. The second-order valence-electron chi connectivity index (χ2n) is 6.11. The number of carbonyl (C=O) groups is 3. The summed E-state index contributed by atoms with van der Waals surface area (Å²) in [6.07, 6.45) is 0.419. The second-order valence-corrected chi connectivity index (χ2v) is 6.52. The molecular weight excluding hydrogens is 351 g/mol. The number of amides is 2. The van der Waals surface area contributed by atoms with Crippen LogP contribution in [-0.4, -0.2) is 46.9 Å². The fraction of sp³-hybridized carbons (Fsp3) is 0.471. The molecule has 8 heteroatoms. The number of hydrogen-bond donors (Lipinski definition) is 2. The summed E-state index contributed by atoms with van der Waals surface area (Å²) in [6.45, 7) is 2.96. The van der Waals surface area contributed by atoms with Crippen molar-refractivity contribution in [3.63, 3.8) is 0 Å². The molecule has 1 fully saturated rings. The minimum atomic E-state index is -1.14. The van der Waals surface area contributed by atoms with Crippen molar-refractivity contribution < 1.29 is 23.9 Å². The topological polar surface area (TPSA) is 86.7 Å². The third kappa shape index (κ3) is 4.48. The molecule has 6 nitrogen and oxygen atoms in total. The molecule has 3 unspecified atom stereocenters. The molecular formula is C17H20ClFN2O4. The van der Waals surface area contributed by atoms with E-state index in [9.17, 15) is 23.9 Å². The van der Waals surface area contributed by atoms with Crippen molar-refractivity contribution >= 4 is 29.4 Å². The number of nitrogens with zero attached hydrogens (tertiary/aromatic N) is 1. The fourth-order valence-electron chi connectivity index (χ4n) is 2.85. The van der Waals surface area contributed by atoms with Crippen molar-refractivity contribution in [2.75, 3.05) is 13.1 Å². The molecule has 3 atom stereocenters. The Morgan fingerprint density at radius 1 is 1.44 bits per heavy atom. The first-order chi connectivity index (χ1) is 11.7. The van der Waals surface area contributed by atoms with Crippen molar-refractivity contribution in [1.82, 2.24) is 10.2 Å². The Hall–Kier alpha value is -2.15. The van der Waals surface area contributed by atoms with E-state index >= 15 is 0 Å². The van der Waals surface area contributed by atoms with Crippen LogP contribution < -0.4 is 5.32 Å². The summed E-state index contributed by atoms with van der Waals surface area (Å²) in [6, 6.07) is 3.30. The lowest BCUT2D eigenvalue weighted by Gasteiger charge is -2.27. The molecule has 1 aliphatic rings. The molecule has 0 radical (unpaired) electrons. The van der Waals surface area contributed by atoms with E-state index in [1.165, 1.54) is 30.9 Å². The highest BCUT2D eigenvalue weighted by Crippen LogP contribution is 2.51. The minimum absolute atomic E-state index is 0.0695. The molecule has 0 aliphatic heterocycles. The number of aliphatic carboxylic acids is 1. The molecule has 0 saturated heterocycles. The number of nitrogens with one attached hydrogen (secondary N) is 1. The van der Waals surface area contributed by atoms with E-state index in [0.717, 1.165) is 0 Å². The van der Waals surface area contributed by atoms with Gasteiger partial charge in [-0.15, -0.1) is 0 Å². The molecule has 0 spiro atoms. The number of carboxylic acid groups (broad SMARTS) is 1. The van der Waals surface area contributed by atoms with Crippen LogP contribution in [0.5, 0.6) is 0 Å². The zero-order valence-electron chi connectivity index (χ0n) is 14.0. The smallest absolute Gasteiger partial charge is 0.326 e. The highest BCUT2D eigenvalue weighted by molar-refractivity contribution is 6.31. The van der Waals surface area contributed by atoms with Gasteiger partial charge in [0.05, 0.1) is 0 Å². The Kier molecular flexibility index (Phi) is 6.00. The average Bonchev–Trinajstić information content (AvgIpc) is 3.30. The Labute approximate surface area is 149 Å². The van der Waals surface area contributed by atoms with Gasteiger partial charge in [-0.3, -0.25) is 9.59 Å². The summed E-state index contributed by atoms with van der Waals surface area (Å²) in [5, 5.41) is 12.0. The maximum Gasteiger partial charge on any atom is 0.326 e. The summed E-state index contributed by atoms with van der Waals surface area (Å²) in [4.78, 5) is 36.2. The van der Waals surface area contributed by atoms with Gasteiger partial charge in [0.1, 0.15) is 11.9 Å². The molecule has 1 saturated carbocycles. The van der Waals surface area contributed by atoms with Gasteiger partial charge in [0, 0.05) is 42.4 Å². The normalized spacial score (nSPS) is 19.8. The van der Waals surface area contributed by atoms with E-state index in [1.54, 1.807) is 6.07 Å². The van der Waals surface area contributed by atoms with Crippen LogP contribution in [0, 0.1) is 11.7 Å². The number of halogens is 2. The Morgan fingerprint density at radius 3 is 2.68 bits per heavy atom. The lowest BCUT2D eigenvalue weighted by atomic mass is 10.1. The van der Waals surface area contributed by atoms with Crippen LogP contribution in [0.15, 0.2) is 18.2 Å². The summed E-state index contributed by atoms with van der Waals surface area (Å²) >= 11 is 6.04. The van der Waals surface area contributed by atoms with Gasteiger partial charge in [-0.05, 0) is 25.5 Å². The van der Waals surface area contributed by atoms with E-state index in [2.05, 4.69) is 5.32 Å². The van der Waals surface area contributed by atoms with E-state index < -0.39 is 23.7 Å². The first-order valence-electron chi connectivity index (χ1n) is 7.95. The lowest BCUT2D eigenvalue weighted by Crippen LogP contribution is -2.47. The second kappa shape index (κ2) is 7.82. The lowest BCUT2D eigenvalue weighted by molar-refractivity contribution is -0.150. The molecule has 136 valence electrons. The van der Waals surface area contributed by atoms with Crippen LogP contribution >= 0.6 is 11.6 Å². The largest absolute Gasteiger partial charge is 0.480 e. The first-order valence-corrected chi connectivity index (χ1v) is 8.33. The molecule has 0 aromatic heterocycles. The monoisotopic (exact) mass is 370 g/mol. The first kappa shape index (κ1) is 19.2. The van der Waals surface area contributed by atoms with Crippen LogP contribution in [0.3, 0.4) is 0 Å². The molecule has 2 amide bonds. The van der Waals surface area contributed by atoms with Gasteiger partial charge in [-0.25, -0.2) is 9.18 Å². The van der Waals surface area contributed by atoms with E-state index in [4.69, 9.17) is 11.6 Å². The predicted molar refractivity (Wildman–Crippen MR) is 89.8 cm³/mol. The minimum Gasteiger partial charge on any atom is -0.480 e. The van der Waals surface area contributed by atoms with Crippen molar-refractivity contribution in [3.8, 4) is 0 Å². The van der Waals surface area contributed by atoms with Gasteiger partial charge >= 0.3 is 5.97 Å². The van der Waals surface area contributed by atoms with Crippen LogP contribution in [0.2, 0.25) is 5.02 Å². The highest BCUT2D eigenvalue weighted by Gasteiger charge is 2.48. The van der Waals surface area contributed by atoms with Gasteiger partial charge < -0.3 is 15.3 Å². The molecule has 2 N–H and O–H groups in total. The number of benzene rings is 1. The summed E-state index contributed by atoms with van der Waals surface area (Å²) in [5.41, 5.74) is 0.298. The summed E-state index contributed by atoms with van der Waals surface area (Å²) in [5.74, 6) is -3.11. The highest BCUT2D eigenvalue weighted by atomic mass is 35.5. The van der Waals surface area contributed by atoms with E-state index in [0.29, 0.717) is 12.0 Å². The van der Waals surface area contributed by atoms with Gasteiger partial charge in [-0.1, -0.05) is 17.7 Å². The van der Waals surface area contributed by atoms with Crippen LogP contribution in [0.4, 0.5) is 4.39 Å². The fourth-order valence-corrected chi connectivity index (χ4v) is 3.15. The van der Waals surface area contributed by atoms with Crippen LogP contribution in [0.25, 0.3) is 0 Å². The van der Waals surface area contributed by atoms with Gasteiger partial charge in [0.15, 0.2) is 0 Å². The van der Waals surface area contributed by atoms with Gasteiger partial charge in [-0.2, -0.15) is 0 Å². The molecule has 1 aromatic rings. The molecule has 1 aliphatic carbocycles. The van der Waals surface area contributed by atoms with Crippen molar-refractivity contribution in [2.45, 2.75) is 32.2 Å². The average molecular weight is 371 g/mol. The molecule has 25 heavy (non-hydrogen) atoms. The molecule has 2 rings (SSSR count). The molecule has 0 bridgehead atoms. The summed E-state index contributed by atoms with van der Waals surface area (Å²) < 4.78 is 14.0. The number of hydrogen-bond acceptors (Lipinski definition) is 3. The van der Waals surface area contributed by atoms with Gasteiger partial charge in [0.2, 0.25) is 11.8 Å². The number of rotatable bonds is 7. The third-order valence-electron chi connectivity index (χ3n) is 4.31. The zero-order chi connectivity index (χ0) is 18.7. The van der Waals surface area contributed by atoms with Crippen molar-refractivity contribution in [1.29, 1.82) is 0 Å². The maximum absolute atomic E-state index is 14.0. The van der Waals surface area contributed by atoms with E-state index in [-0.39, 0.29) is 35.8 Å². The SMILES string of the molecule is CC(=O)NCCN(C(=O)C1CC1c1c(F)cccc1Cl)C(C)C(=O)O. The van der Waals surface area contributed by atoms with Crippen LogP contribution in [-0.2, 0) is 14.4 Å². The molecule has 1 aromatic carbocycles. The van der Waals surface area contributed by atoms with E-state index in [1.807, 2.05) is 0 Å².